The lowest BCUT2D eigenvalue weighted by Crippen LogP contribution is -2.05. The Kier molecular flexibility index (Phi) is 4.20. The molecule has 1 N–H and O–H groups in total. The van der Waals surface area contributed by atoms with Gasteiger partial charge in [0.15, 0.2) is 0 Å². The van der Waals surface area contributed by atoms with Gasteiger partial charge in [-0.2, -0.15) is 11.8 Å². The van der Waals surface area contributed by atoms with E-state index in [1.54, 1.807) is 6.33 Å². The number of rotatable bonds is 5. The molecule has 0 aliphatic carbocycles. The predicted octanol–water partition coefficient (Wildman–Crippen LogP) is 3.10. The molecule has 0 fully saturated rings. The first-order valence-corrected chi connectivity index (χ1v) is 7.15. The summed E-state index contributed by atoms with van der Waals surface area (Å²) in [4.78, 5) is 8.59. The molecule has 1 aromatic carbocycles. The number of hydrogen-bond acceptors (Lipinski definition) is 4. The van der Waals surface area contributed by atoms with Gasteiger partial charge >= 0.3 is 0 Å². The molecular formula is C13H17N3S. The quantitative estimate of drug-likeness (QED) is 0.824. The maximum atomic E-state index is 4.32. The Bertz CT molecular complexity index is 499. The van der Waals surface area contributed by atoms with Gasteiger partial charge in [-0.05, 0) is 37.5 Å². The molecule has 90 valence electrons. The lowest BCUT2D eigenvalue weighted by atomic mass is 10.1. The summed E-state index contributed by atoms with van der Waals surface area (Å²) in [6, 6.07) is 6.25. The molecule has 0 bridgehead atoms. The van der Waals surface area contributed by atoms with Crippen LogP contribution in [0.1, 0.15) is 12.0 Å². The fourth-order valence-electron chi connectivity index (χ4n) is 1.73. The van der Waals surface area contributed by atoms with Crippen LogP contribution in [0.2, 0.25) is 0 Å². The summed E-state index contributed by atoms with van der Waals surface area (Å²) in [6.45, 7) is 3.05. The number of thioether (sulfide) groups is 1. The van der Waals surface area contributed by atoms with Crippen molar-refractivity contribution in [1.29, 1.82) is 0 Å². The Morgan fingerprint density at radius 2 is 2.18 bits per heavy atom. The van der Waals surface area contributed by atoms with Crippen molar-refractivity contribution in [2.75, 3.05) is 23.9 Å². The van der Waals surface area contributed by atoms with Gasteiger partial charge < -0.3 is 5.32 Å². The minimum Gasteiger partial charge on any atom is -0.369 e. The standard InChI is InChI=1S/C13H17N3S/c1-10-4-5-12-11(8-10)13(16-9-15-12)14-6-3-7-17-2/h4-5,8-9H,3,6-7H2,1-2H3,(H,14,15,16). The molecule has 17 heavy (non-hydrogen) atoms. The molecule has 0 saturated carbocycles. The molecule has 2 rings (SSSR count). The Balaban J connectivity index is 2.18. The van der Waals surface area contributed by atoms with Gasteiger partial charge in [0.25, 0.3) is 0 Å². The number of benzene rings is 1. The van der Waals surface area contributed by atoms with Crippen LogP contribution in [-0.2, 0) is 0 Å². The van der Waals surface area contributed by atoms with E-state index in [0.717, 1.165) is 29.7 Å². The van der Waals surface area contributed by atoms with E-state index >= 15 is 0 Å². The van der Waals surface area contributed by atoms with Crippen molar-refractivity contribution in [2.45, 2.75) is 13.3 Å². The van der Waals surface area contributed by atoms with Gasteiger partial charge in [-0.3, -0.25) is 0 Å². The Morgan fingerprint density at radius 3 is 3.00 bits per heavy atom. The molecule has 2 aromatic rings. The summed E-state index contributed by atoms with van der Waals surface area (Å²) in [5.74, 6) is 2.12. The third-order valence-electron chi connectivity index (χ3n) is 2.61. The van der Waals surface area contributed by atoms with Crippen molar-refractivity contribution in [3.8, 4) is 0 Å². The zero-order valence-electron chi connectivity index (χ0n) is 10.2. The van der Waals surface area contributed by atoms with Gasteiger partial charge in [-0.25, -0.2) is 9.97 Å². The first kappa shape index (κ1) is 12.2. The lowest BCUT2D eigenvalue weighted by Gasteiger charge is -2.08. The van der Waals surface area contributed by atoms with Crippen molar-refractivity contribution < 1.29 is 0 Å². The second-order valence-electron chi connectivity index (χ2n) is 4.02. The van der Waals surface area contributed by atoms with E-state index in [2.05, 4.69) is 40.6 Å². The number of aryl methyl sites for hydroxylation is 1. The van der Waals surface area contributed by atoms with Crippen LogP contribution in [-0.4, -0.2) is 28.5 Å². The van der Waals surface area contributed by atoms with E-state index in [9.17, 15) is 0 Å². The van der Waals surface area contributed by atoms with Crippen LogP contribution in [0.25, 0.3) is 10.9 Å². The van der Waals surface area contributed by atoms with Crippen molar-refractivity contribution in [3.05, 3.63) is 30.1 Å². The van der Waals surface area contributed by atoms with Crippen LogP contribution in [0, 0.1) is 6.92 Å². The first-order chi connectivity index (χ1) is 8.31. The Labute approximate surface area is 106 Å². The van der Waals surface area contributed by atoms with Crippen LogP contribution in [0.5, 0.6) is 0 Å². The van der Waals surface area contributed by atoms with Gasteiger partial charge in [0, 0.05) is 11.9 Å². The lowest BCUT2D eigenvalue weighted by molar-refractivity contribution is 0.982. The number of hydrogen-bond donors (Lipinski definition) is 1. The van der Waals surface area contributed by atoms with E-state index in [-0.39, 0.29) is 0 Å². The maximum Gasteiger partial charge on any atom is 0.137 e. The third kappa shape index (κ3) is 3.09. The third-order valence-corrected chi connectivity index (χ3v) is 3.31. The molecule has 0 aliphatic heterocycles. The molecule has 0 unspecified atom stereocenters. The highest BCUT2D eigenvalue weighted by Gasteiger charge is 2.02. The van der Waals surface area contributed by atoms with Crippen LogP contribution in [0.3, 0.4) is 0 Å². The topological polar surface area (TPSA) is 37.8 Å². The fraction of sp³-hybridized carbons (Fsp3) is 0.385. The highest BCUT2D eigenvalue weighted by atomic mass is 32.2. The highest BCUT2D eigenvalue weighted by Crippen LogP contribution is 2.20. The zero-order chi connectivity index (χ0) is 12.1. The van der Waals surface area contributed by atoms with Crippen LogP contribution < -0.4 is 5.32 Å². The SMILES string of the molecule is CSCCCNc1ncnc2ccc(C)cc12. The van der Waals surface area contributed by atoms with Gasteiger partial charge in [-0.1, -0.05) is 11.6 Å². The smallest absolute Gasteiger partial charge is 0.137 e. The summed E-state index contributed by atoms with van der Waals surface area (Å²) in [5.41, 5.74) is 2.23. The largest absolute Gasteiger partial charge is 0.369 e. The number of aromatic nitrogens is 2. The summed E-state index contributed by atoms with van der Waals surface area (Å²) in [5, 5.41) is 4.49. The van der Waals surface area contributed by atoms with Crippen molar-refractivity contribution in [3.63, 3.8) is 0 Å². The van der Waals surface area contributed by atoms with Gasteiger partial charge in [0.1, 0.15) is 12.1 Å². The highest BCUT2D eigenvalue weighted by molar-refractivity contribution is 7.98. The summed E-state index contributed by atoms with van der Waals surface area (Å²) in [7, 11) is 0. The molecule has 3 nitrogen and oxygen atoms in total. The number of nitrogens with zero attached hydrogens (tertiary/aromatic N) is 2. The second-order valence-corrected chi connectivity index (χ2v) is 5.00. The summed E-state index contributed by atoms with van der Waals surface area (Å²) >= 11 is 1.87. The minimum atomic E-state index is 0.944. The van der Waals surface area contributed by atoms with Gasteiger partial charge in [0.05, 0.1) is 5.52 Å². The number of fused-ring (bicyclic) bond motifs is 1. The monoisotopic (exact) mass is 247 g/mol. The molecule has 4 heteroatoms. The fourth-order valence-corrected chi connectivity index (χ4v) is 2.17. The van der Waals surface area contributed by atoms with Gasteiger partial charge in [-0.15, -0.1) is 0 Å². The number of nitrogens with one attached hydrogen (secondary N) is 1. The molecule has 1 heterocycles. The van der Waals surface area contributed by atoms with Crippen LogP contribution in [0.4, 0.5) is 5.82 Å². The maximum absolute atomic E-state index is 4.32. The van der Waals surface area contributed by atoms with Crippen LogP contribution >= 0.6 is 11.8 Å². The number of anilines is 1. The van der Waals surface area contributed by atoms with Crippen molar-refractivity contribution in [2.24, 2.45) is 0 Å². The molecule has 0 radical (unpaired) electrons. The average Bonchev–Trinajstić information content (AvgIpc) is 2.35. The second kappa shape index (κ2) is 5.87. The molecule has 0 atom stereocenters. The van der Waals surface area contributed by atoms with E-state index < -0.39 is 0 Å². The molecule has 0 amide bonds. The first-order valence-electron chi connectivity index (χ1n) is 5.75. The van der Waals surface area contributed by atoms with E-state index in [0.29, 0.717) is 0 Å². The Morgan fingerprint density at radius 1 is 1.29 bits per heavy atom. The predicted molar refractivity (Wildman–Crippen MR) is 75.8 cm³/mol. The van der Waals surface area contributed by atoms with Crippen molar-refractivity contribution in [1.82, 2.24) is 9.97 Å². The molecule has 0 spiro atoms. The average molecular weight is 247 g/mol. The molecular weight excluding hydrogens is 230 g/mol. The zero-order valence-corrected chi connectivity index (χ0v) is 11.0. The van der Waals surface area contributed by atoms with Crippen molar-refractivity contribution >= 4 is 28.5 Å². The van der Waals surface area contributed by atoms with Crippen LogP contribution in [0.15, 0.2) is 24.5 Å². The Hall–Kier alpha value is -1.29. The molecule has 1 aromatic heterocycles. The molecule has 0 saturated heterocycles. The normalized spacial score (nSPS) is 10.7. The summed E-state index contributed by atoms with van der Waals surface area (Å²) in [6.07, 6.45) is 4.90. The summed E-state index contributed by atoms with van der Waals surface area (Å²) < 4.78 is 0. The van der Waals surface area contributed by atoms with Gasteiger partial charge in [0.2, 0.25) is 0 Å². The van der Waals surface area contributed by atoms with E-state index in [1.165, 1.54) is 11.3 Å². The van der Waals surface area contributed by atoms with E-state index in [4.69, 9.17) is 0 Å². The molecule has 0 aliphatic rings. The van der Waals surface area contributed by atoms with E-state index in [1.807, 2.05) is 17.8 Å². The minimum absolute atomic E-state index is 0.944.